The van der Waals surface area contributed by atoms with Gasteiger partial charge >= 0.3 is 7.82 Å². The molecule has 0 heterocycles. The van der Waals surface area contributed by atoms with E-state index < -0.39 is 66.2 Å². The van der Waals surface area contributed by atoms with E-state index in [0.29, 0.717) is 24.8 Å². The van der Waals surface area contributed by atoms with Crippen LogP contribution in [0.5, 0.6) is 0 Å². The number of Topliss-reactive ketones (excluding diaryl/α,β-unsaturated/α-hetero) is 1. The van der Waals surface area contributed by atoms with E-state index in [1.54, 1.807) is 20.8 Å². The standard InChI is InChI=1S/C22H30FO8P/c1-12-8-16-15-5-4-13-9-14(24)6-7-19(13,2)21(15,23)17(25)10-20(16,3)22(12,27)18(26)11-31-32(28,29)30/h6-7,9,12,15-17,25,27H,4-5,8,10-11H2,1-3H3,(H2,28,29,30)/t12-,15?,16?,17-,19?,20?,21-,22-/m0/s1. The Bertz CT molecular complexity index is 973. The third kappa shape index (κ3) is 2.95. The fraction of sp³-hybridized carbons (Fsp3) is 0.727. The summed E-state index contributed by atoms with van der Waals surface area (Å²) in [6.07, 6.45) is 3.70. The Morgan fingerprint density at radius 1 is 1.31 bits per heavy atom. The van der Waals surface area contributed by atoms with Gasteiger partial charge in [0.2, 0.25) is 0 Å². The lowest BCUT2D eigenvalue weighted by atomic mass is 9.44. The maximum absolute atomic E-state index is 17.0. The van der Waals surface area contributed by atoms with Crippen LogP contribution in [-0.2, 0) is 18.7 Å². The minimum atomic E-state index is -4.93. The average Bonchev–Trinajstić information content (AvgIpc) is 2.89. The highest BCUT2D eigenvalue weighted by Gasteiger charge is 2.75. The number of carbonyl (C=O) groups excluding carboxylic acids is 2. The Balaban J connectivity index is 1.74. The van der Waals surface area contributed by atoms with Gasteiger partial charge in [0.25, 0.3) is 0 Å². The molecule has 178 valence electrons. The molecule has 0 aliphatic heterocycles. The van der Waals surface area contributed by atoms with Crippen LogP contribution in [0.4, 0.5) is 4.39 Å². The zero-order valence-corrected chi connectivity index (χ0v) is 19.2. The Hall–Kier alpha value is -1.22. The number of alkyl halides is 1. The van der Waals surface area contributed by atoms with E-state index in [2.05, 4.69) is 4.52 Å². The number of ketones is 2. The van der Waals surface area contributed by atoms with Crippen molar-refractivity contribution in [3.8, 4) is 0 Å². The predicted octanol–water partition coefficient (Wildman–Crippen LogP) is 2.01. The van der Waals surface area contributed by atoms with E-state index in [1.807, 2.05) is 0 Å². The number of hydrogen-bond donors (Lipinski definition) is 4. The summed E-state index contributed by atoms with van der Waals surface area (Å²) in [6, 6.07) is 0. The first kappa shape index (κ1) is 23.9. The van der Waals surface area contributed by atoms with E-state index in [9.17, 15) is 24.4 Å². The average molecular weight is 472 g/mol. The first-order chi connectivity index (χ1) is 14.6. The number of allylic oxidation sites excluding steroid dienone is 4. The minimum Gasteiger partial charge on any atom is -0.390 e. The van der Waals surface area contributed by atoms with Crippen LogP contribution in [0.3, 0.4) is 0 Å². The van der Waals surface area contributed by atoms with Crippen molar-refractivity contribution in [3.05, 3.63) is 23.8 Å². The van der Waals surface area contributed by atoms with E-state index in [4.69, 9.17) is 9.79 Å². The van der Waals surface area contributed by atoms with Crippen LogP contribution < -0.4 is 0 Å². The summed E-state index contributed by atoms with van der Waals surface area (Å²) in [4.78, 5) is 42.8. The highest BCUT2D eigenvalue weighted by Crippen LogP contribution is 2.70. The van der Waals surface area contributed by atoms with Crippen LogP contribution in [0.1, 0.15) is 46.5 Å². The molecule has 4 unspecified atom stereocenters. The lowest BCUT2D eigenvalue weighted by Gasteiger charge is -2.62. The number of carbonyl (C=O) groups is 2. The van der Waals surface area contributed by atoms with Crippen LogP contribution in [0.2, 0.25) is 0 Å². The smallest absolute Gasteiger partial charge is 0.390 e. The summed E-state index contributed by atoms with van der Waals surface area (Å²) in [5.41, 5.74) is -5.88. The molecular weight excluding hydrogens is 442 g/mol. The van der Waals surface area contributed by atoms with Crippen molar-refractivity contribution in [3.63, 3.8) is 0 Å². The molecule has 4 N–H and O–H groups in total. The van der Waals surface area contributed by atoms with E-state index in [0.717, 1.165) is 0 Å². The van der Waals surface area contributed by atoms with Gasteiger partial charge in [-0.2, -0.15) is 0 Å². The predicted molar refractivity (Wildman–Crippen MR) is 111 cm³/mol. The maximum atomic E-state index is 17.0. The SMILES string of the molecule is C[C@H]1CC2C3CCC4=CC(=O)C=CC4(C)[C@@]3(F)[C@@H](O)CC2(C)[C@@]1(O)C(=O)COP(=O)(O)O. The van der Waals surface area contributed by atoms with Crippen molar-refractivity contribution in [1.29, 1.82) is 0 Å². The van der Waals surface area contributed by atoms with Gasteiger partial charge < -0.3 is 20.0 Å². The normalized spacial score (nSPS) is 48.0. The van der Waals surface area contributed by atoms with E-state index >= 15 is 4.39 Å². The second-order valence-corrected chi connectivity index (χ2v) is 11.6. The van der Waals surface area contributed by atoms with Gasteiger partial charge in [-0.25, -0.2) is 8.96 Å². The molecule has 3 saturated carbocycles. The van der Waals surface area contributed by atoms with Gasteiger partial charge in [-0.3, -0.25) is 14.1 Å². The second-order valence-electron chi connectivity index (χ2n) is 10.4. The monoisotopic (exact) mass is 472 g/mol. The van der Waals surface area contributed by atoms with Crippen LogP contribution in [0.25, 0.3) is 0 Å². The molecule has 8 atom stereocenters. The number of fused-ring (bicyclic) bond motifs is 5. The largest absolute Gasteiger partial charge is 0.470 e. The third-order valence-corrected chi connectivity index (χ3v) is 9.48. The Labute approximate surface area is 185 Å². The molecule has 32 heavy (non-hydrogen) atoms. The quantitative estimate of drug-likeness (QED) is 0.456. The molecule has 10 heteroatoms. The van der Waals surface area contributed by atoms with Gasteiger partial charge in [-0.1, -0.05) is 25.5 Å². The number of halogens is 1. The van der Waals surface area contributed by atoms with Crippen molar-refractivity contribution in [2.75, 3.05) is 6.61 Å². The highest BCUT2D eigenvalue weighted by atomic mass is 31.2. The molecule has 0 aromatic rings. The summed E-state index contributed by atoms with van der Waals surface area (Å²) in [5, 5.41) is 22.8. The fourth-order valence-corrected chi connectivity index (χ4v) is 7.68. The zero-order valence-electron chi connectivity index (χ0n) is 18.3. The van der Waals surface area contributed by atoms with Gasteiger partial charge in [0.15, 0.2) is 17.2 Å². The number of phosphoric ester groups is 1. The maximum Gasteiger partial charge on any atom is 0.470 e. The third-order valence-electron chi connectivity index (χ3n) is 9.01. The molecule has 4 aliphatic carbocycles. The molecule has 0 aromatic carbocycles. The molecule has 0 bridgehead atoms. The van der Waals surface area contributed by atoms with Crippen LogP contribution in [0.15, 0.2) is 23.8 Å². The van der Waals surface area contributed by atoms with Gasteiger partial charge in [-0.05, 0) is 56.6 Å². The molecule has 8 nitrogen and oxygen atoms in total. The highest BCUT2D eigenvalue weighted by molar-refractivity contribution is 7.46. The Morgan fingerprint density at radius 2 is 1.97 bits per heavy atom. The molecular formula is C22H30FO8P. The second kappa shape index (κ2) is 7.14. The lowest BCUT2D eigenvalue weighted by Crippen LogP contribution is -2.69. The zero-order chi connectivity index (χ0) is 23.9. The Kier molecular flexibility index (Phi) is 5.34. The lowest BCUT2D eigenvalue weighted by molar-refractivity contribution is -0.219. The minimum absolute atomic E-state index is 0.211. The van der Waals surface area contributed by atoms with Crippen molar-refractivity contribution in [2.45, 2.75) is 63.8 Å². The van der Waals surface area contributed by atoms with Gasteiger partial charge in [0.1, 0.15) is 12.2 Å². The van der Waals surface area contributed by atoms with E-state index in [-0.39, 0.29) is 12.2 Å². The molecule has 0 aromatic heterocycles. The summed E-state index contributed by atoms with van der Waals surface area (Å²) in [5.74, 6) is -2.87. The Morgan fingerprint density at radius 3 is 2.59 bits per heavy atom. The topological polar surface area (TPSA) is 141 Å². The van der Waals surface area contributed by atoms with Crippen LogP contribution >= 0.6 is 7.82 Å². The van der Waals surface area contributed by atoms with Gasteiger partial charge in [0.05, 0.1) is 6.10 Å². The molecule has 0 spiro atoms. The number of phosphoric acid groups is 1. The van der Waals surface area contributed by atoms with Crippen molar-refractivity contribution in [1.82, 2.24) is 0 Å². The molecule has 4 rings (SSSR count). The molecule has 0 saturated heterocycles. The van der Waals surface area contributed by atoms with Crippen LogP contribution in [-0.4, -0.2) is 55.5 Å². The first-order valence-electron chi connectivity index (χ1n) is 10.9. The summed E-state index contributed by atoms with van der Waals surface area (Å²) >= 11 is 0. The summed E-state index contributed by atoms with van der Waals surface area (Å²) < 4.78 is 32.5. The van der Waals surface area contributed by atoms with Gasteiger partial charge in [0, 0.05) is 16.7 Å². The fourth-order valence-electron chi connectivity index (χ4n) is 7.39. The van der Waals surface area contributed by atoms with Crippen molar-refractivity contribution in [2.24, 2.45) is 28.6 Å². The molecule has 0 amide bonds. The van der Waals surface area contributed by atoms with Crippen molar-refractivity contribution >= 4 is 19.4 Å². The first-order valence-corrected chi connectivity index (χ1v) is 12.4. The van der Waals surface area contributed by atoms with Crippen molar-refractivity contribution < 1.29 is 43.1 Å². The van der Waals surface area contributed by atoms with Gasteiger partial charge in [-0.15, -0.1) is 0 Å². The molecule has 4 aliphatic rings. The summed E-state index contributed by atoms with van der Waals surface area (Å²) in [7, 11) is -4.93. The number of aliphatic hydroxyl groups is 2. The number of rotatable bonds is 4. The van der Waals surface area contributed by atoms with E-state index in [1.165, 1.54) is 18.2 Å². The summed E-state index contributed by atoms with van der Waals surface area (Å²) in [6.45, 7) is 4.00. The number of aliphatic hydroxyl groups excluding tert-OH is 1. The molecule has 0 radical (unpaired) electrons. The van der Waals surface area contributed by atoms with Crippen LogP contribution in [0, 0.1) is 28.6 Å². The number of hydrogen-bond acceptors (Lipinski definition) is 6. The molecule has 3 fully saturated rings.